The van der Waals surface area contributed by atoms with Gasteiger partial charge in [0, 0.05) is 12.6 Å². The van der Waals surface area contributed by atoms with Crippen molar-refractivity contribution < 1.29 is 14.6 Å². The Kier molecular flexibility index (Phi) is 5.88. The van der Waals surface area contributed by atoms with E-state index in [9.17, 15) is 5.11 Å². The SMILES string of the molecule is COc1ccccc1OCC(O)CNC1CCC(C)C1C. The molecule has 1 aliphatic rings. The summed E-state index contributed by atoms with van der Waals surface area (Å²) in [6, 6.07) is 8.00. The van der Waals surface area contributed by atoms with Crippen LogP contribution in [-0.4, -0.2) is 37.5 Å². The summed E-state index contributed by atoms with van der Waals surface area (Å²) in [5, 5.41) is 13.5. The van der Waals surface area contributed by atoms with Crippen molar-refractivity contribution in [2.24, 2.45) is 11.8 Å². The van der Waals surface area contributed by atoms with Gasteiger partial charge in [0.25, 0.3) is 0 Å². The second kappa shape index (κ2) is 7.66. The summed E-state index contributed by atoms with van der Waals surface area (Å²) >= 11 is 0. The molecule has 2 N–H and O–H groups in total. The summed E-state index contributed by atoms with van der Waals surface area (Å²) < 4.78 is 10.9. The Morgan fingerprint density at radius 3 is 2.57 bits per heavy atom. The van der Waals surface area contributed by atoms with Gasteiger partial charge in [-0.05, 0) is 36.8 Å². The third-order valence-electron chi connectivity index (χ3n) is 4.58. The van der Waals surface area contributed by atoms with Crippen LogP contribution in [0.2, 0.25) is 0 Å². The van der Waals surface area contributed by atoms with Crippen LogP contribution in [0.5, 0.6) is 11.5 Å². The van der Waals surface area contributed by atoms with Crippen molar-refractivity contribution in [2.45, 2.75) is 38.8 Å². The van der Waals surface area contributed by atoms with Crippen molar-refractivity contribution in [3.8, 4) is 11.5 Å². The summed E-state index contributed by atoms with van der Waals surface area (Å²) in [6.45, 7) is 5.42. The monoisotopic (exact) mass is 293 g/mol. The minimum atomic E-state index is -0.516. The summed E-state index contributed by atoms with van der Waals surface area (Å²) in [4.78, 5) is 0. The summed E-state index contributed by atoms with van der Waals surface area (Å²) in [6.07, 6.45) is 1.95. The van der Waals surface area contributed by atoms with Crippen LogP contribution in [0.3, 0.4) is 0 Å². The highest BCUT2D eigenvalue weighted by Gasteiger charge is 2.29. The molecule has 4 atom stereocenters. The molecule has 1 aliphatic carbocycles. The Balaban J connectivity index is 1.73. The second-order valence-corrected chi connectivity index (χ2v) is 6.04. The lowest BCUT2D eigenvalue weighted by Gasteiger charge is -2.22. The van der Waals surface area contributed by atoms with Crippen LogP contribution < -0.4 is 14.8 Å². The largest absolute Gasteiger partial charge is 0.493 e. The fraction of sp³-hybridized carbons (Fsp3) is 0.647. The molecule has 1 saturated carbocycles. The van der Waals surface area contributed by atoms with Crippen molar-refractivity contribution in [1.82, 2.24) is 5.32 Å². The maximum Gasteiger partial charge on any atom is 0.161 e. The van der Waals surface area contributed by atoms with Gasteiger partial charge in [-0.3, -0.25) is 0 Å². The van der Waals surface area contributed by atoms with Crippen LogP contribution in [-0.2, 0) is 0 Å². The van der Waals surface area contributed by atoms with E-state index in [1.165, 1.54) is 12.8 Å². The lowest BCUT2D eigenvalue weighted by molar-refractivity contribution is 0.100. The molecule has 2 rings (SSSR count). The highest BCUT2D eigenvalue weighted by molar-refractivity contribution is 5.39. The molecule has 0 aliphatic heterocycles. The van der Waals surface area contributed by atoms with E-state index < -0.39 is 6.10 Å². The number of para-hydroxylation sites is 2. The number of aliphatic hydroxyl groups excluding tert-OH is 1. The number of hydrogen-bond acceptors (Lipinski definition) is 4. The molecule has 0 heterocycles. The van der Waals surface area contributed by atoms with Gasteiger partial charge in [0.1, 0.15) is 12.7 Å². The fourth-order valence-electron chi connectivity index (χ4n) is 2.92. The average molecular weight is 293 g/mol. The first-order valence-electron chi connectivity index (χ1n) is 7.79. The van der Waals surface area contributed by atoms with E-state index in [0.29, 0.717) is 30.0 Å². The zero-order valence-electron chi connectivity index (χ0n) is 13.2. The van der Waals surface area contributed by atoms with E-state index in [1.807, 2.05) is 24.3 Å². The normalized spacial score (nSPS) is 26.6. The minimum Gasteiger partial charge on any atom is -0.493 e. The van der Waals surface area contributed by atoms with Gasteiger partial charge in [0.15, 0.2) is 11.5 Å². The maximum atomic E-state index is 10.1. The molecule has 21 heavy (non-hydrogen) atoms. The molecule has 1 aromatic rings. The molecule has 1 fully saturated rings. The highest BCUT2D eigenvalue weighted by Crippen LogP contribution is 2.31. The average Bonchev–Trinajstić information content (AvgIpc) is 2.82. The quantitative estimate of drug-likeness (QED) is 0.811. The third-order valence-corrected chi connectivity index (χ3v) is 4.58. The van der Waals surface area contributed by atoms with Crippen LogP contribution in [0.15, 0.2) is 24.3 Å². The molecule has 118 valence electrons. The Morgan fingerprint density at radius 2 is 1.95 bits per heavy atom. The Bertz CT molecular complexity index is 438. The Morgan fingerprint density at radius 1 is 1.24 bits per heavy atom. The number of hydrogen-bond donors (Lipinski definition) is 2. The zero-order valence-corrected chi connectivity index (χ0v) is 13.2. The van der Waals surface area contributed by atoms with Crippen molar-refractivity contribution in [1.29, 1.82) is 0 Å². The van der Waals surface area contributed by atoms with E-state index in [2.05, 4.69) is 19.2 Å². The molecular formula is C17H27NO3. The van der Waals surface area contributed by atoms with Gasteiger partial charge in [-0.15, -0.1) is 0 Å². The highest BCUT2D eigenvalue weighted by atomic mass is 16.5. The number of benzene rings is 1. The predicted molar refractivity (Wildman–Crippen MR) is 83.8 cm³/mol. The molecule has 4 nitrogen and oxygen atoms in total. The first kappa shape index (κ1) is 16.1. The standard InChI is InChI=1S/C17H27NO3/c1-12-8-9-15(13(12)2)18-10-14(19)11-21-17-7-5-4-6-16(17)20-3/h4-7,12-15,18-19H,8-11H2,1-3H3. The molecule has 0 spiro atoms. The number of methoxy groups -OCH3 is 1. The topological polar surface area (TPSA) is 50.7 Å². The first-order valence-corrected chi connectivity index (χ1v) is 7.79. The number of ether oxygens (including phenoxy) is 2. The van der Waals surface area contributed by atoms with Gasteiger partial charge < -0.3 is 19.9 Å². The van der Waals surface area contributed by atoms with Crippen molar-refractivity contribution >= 4 is 0 Å². The van der Waals surface area contributed by atoms with Gasteiger partial charge in [-0.25, -0.2) is 0 Å². The summed E-state index contributed by atoms with van der Waals surface area (Å²) in [5.74, 6) is 2.80. The van der Waals surface area contributed by atoms with Gasteiger partial charge in [-0.2, -0.15) is 0 Å². The van der Waals surface area contributed by atoms with Crippen molar-refractivity contribution in [3.63, 3.8) is 0 Å². The molecule has 0 aromatic heterocycles. The number of rotatable bonds is 7. The Labute approximate surface area is 127 Å². The molecule has 4 heteroatoms. The van der Waals surface area contributed by atoms with Crippen LogP contribution in [0, 0.1) is 11.8 Å². The van der Waals surface area contributed by atoms with Gasteiger partial charge in [-0.1, -0.05) is 26.0 Å². The fourth-order valence-corrected chi connectivity index (χ4v) is 2.92. The first-order chi connectivity index (χ1) is 10.1. The van der Waals surface area contributed by atoms with E-state index in [4.69, 9.17) is 9.47 Å². The molecule has 4 unspecified atom stereocenters. The molecule has 1 aromatic carbocycles. The minimum absolute atomic E-state index is 0.268. The smallest absolute Gasteiger partial charge is 0.161 e. The summed E-state index contributed by atoms with van der Waals surface area (Å²) in [7, 11) is 1.61. The third kappa shape index (κ3) is 4.35. The number of nitrogens with one attached hydrogen (secondary N) is 1. The molecular weight excluding hydrogens is 266 g/mol. The maximum absolute atomic E-state index is 10.1. The van der Waals surface area contributed by atoms with Gasteiger partial charge in [0.05, 0.1) is 7.11 Å². The van der Waals surface area contributed by atoms with Gasteiger partial charge in [0.2, 0.25) is 0 Å². The molecule has 0 radical (unpaired) electrons. The van der Waals surface area contributed by atoms with Crippen LogP contribution in [0.25, 0.3) is 0 Å². The summed E-state index contributed by atoms with van der Waals surface area (Å²) in [5.41, 5.74) is 0. The van der Waals surface area contributed by atoms with E-state index in [1.54, 1.807) is 7.11 Å². The lowest BCUT2D eigenvalue weighted by Crippen LogP contribution is -2.39. The predicted octanol–water partition coefficient (Wildman–Crippen LogP) is 2.46. The van der Waals surface area contributed by atoms with Crippen LogP contribution in [0.4, 0.5) is 0 Å². The molecule has 0 saturated heterocycles. The van der Waals surface area contributed by atoms with Gasteiger partial charge >= 0.3 is 0 Å². The Hall–Kier alpha value is -1.26. The van der Waals surface area contributed by atoms with Crippen LogP contribution >= 0.6 is 0 Å². The van der Waals surface area contributed by atoms with Crippen molar-refractivity contribution in [2.75, 3.05) is 20.3 Å². The second-order valence-electron chi connectivity index (χ2n) is 6.04. The molecule has 0 bridgehead atoms. The van der Waals surface area contributed by atoms with E-state index >= 15 is 0 Å². The van der Waals surface area contributed by atoms with Crippen LogP contribution in [0.1, 0.15) is 26.7 Å². The molecule has 0 amide bonds. The van der Waals surface area contributed by atoms with E-state index in [-0.39, 0.29) is 6.61 Å². The zero-order chi connectivity index (χ0) is 15.2. The van der Waals surface area contributed by atoms with E-state index in [0.717, 1.165) is 5.92 Å². The number of aliphatic hydroxyl groups is 1. The van der Waals surface area contributed by atoms with Crippen molar-refractivity contribution in [3.05, 3.63) is 24.3 Å². The lowest BCUT2D eigenvalue weighted by atomic mass is 9.98.